The van der Waals surface area contributed by atoms with Crippen molar-refractivity contribution >= 4 is 5.91 Å². The summed E-state index contributed by atoms with van der Waals surface area (Å²) in [7, 11) is 1.55. The molecule has 0 saturated carbocycles. The molecule has 3 rings (SSSR count). The average Bonchev–Trinajstić information content (AvgIpc) is 3.09. The van der Waals surface area contributed by atoms with Crippen LogP contribution in [-0.2, 0) is 0 Å². The molecule has 1 amide bonds. The summed E-state index contributed by atoms with van der Waals surface area (Å²) in [6.07, 6.45) is 2.13. The van der Waals surface area contributed by atoms with Crippen LogP contribution in [0.1, 0.15) is 22.3 Å². The van der Waals surface area contributed by atoms with Crippen LogP contribution in [0.2, 0.25) is 0 Å². The van der Waals surface area contributed by atoms with E-state index in [4.69, 9.17) is 14.7 Å². The van der Waals surface area contributed by atoms with Crippen LogP contribution in [0.15, 0.2) is 42.6 Å². The standard InChI is InChI=1S/C18H17N3O3/c1-23-16-5-3-2-4-15(16)18(22)21-9-7-14(12-21)24-17-10-13(11-19)6-8-20-17/h2-6,8,10,14H,7,9,12H2,1H3. The van der Waals surface area contributed by atoms with Crippen molar-refractivity contribution in [1.82, 2.24) is 9.88 Å². The first-order valence-electron chi connectivity index (χ1n) is 7.66. The van der Waals surface area contributed by atoms with Gasteiger partial charge in [-0.05, 0) is 18.2 Å². The van der Waals surface area contributed by atoms with E-state index in [1.54, 1.807) is 42.5 Å². The van der Waals surface area contributed by atoms with Gasteiger partial charge >= 0.3 is 0 Å². The SMILES string of the molecule is COc1ccccc1C(=O)N1CCC(Oc2cc(C#N)ccn2)C1. The highest BCUT2D eigenvalue weighted by Crippen LogP contribution is 2.23. The highest BCUT2D eigenvalue weighted by Gasteiger charge is 2.29. The second-order valence-corrected chi connectivity index (χ2v) is 5.47. The third-order valence-corrected chi connectivity index (χ3v) is 3.92. The van der Waals surface area contributed by atoms with Crippen LogP contribution < -0.4 is 9.47 Å². The lowest BCUT2D eigenvalue weighted by Gasteiger charge is -2.18. The fourth-order valence-electron chi connectivity index (χ4n) is 2.71. The van der Waals surface area contributed by atoms with E-state index < -0.39 is 0 Å². The van der Waals surface area contributed by atoms with E-state index in [1.165, 1.54) is 0 Å². The van der Waals surface area contributed by atoms with Crippen molar-refractivity contribution < 1.29 is 14.3 Å². The van der Waals surface area contributed by atoms with Gasteiger partial charge < -0.3 is 14.4 Å². The normalized spacial score (nSPS) is 16.5. The maximum absolute atomic E-state index is 12.7. The number of benzene rings is 1. The zero-order valence-corrected chi connectivity index (χ0v) is 13.3. The Hall–Kier alpha value is -3.07. The predicted octanol–water partition coefficient (Wildman–Crippen LogP) is 2.26. The monoisotopic (exact) mass is 323 g/mol. The molecule has 2 heterocycles. The lowest BCUT2D eigenvalue weighted by Crippen LogP contribution is -2.31. The number of rotatable bonds is 4. The summed E-state index contributed by atoms with van der Waals surface area (Å²) in [4.78, 5) is 18.5. The lowest BCUT2D eigenvalue weighted by molar-refractivity contribution is 0.0768. The summed E-state index contributed by atoms with van der Waals surface area (Å²) in [5.41, 5.74) is 1.05. The Kier molecular flexibility index (Phi) is 4.62. The molecule has 6 heteroatoms. The molecule has 1 saturated heterocycles. The number of methoxy groups -OCH3 is 1. The molecule has 24 heavy (non-hydrogen) atoms. The van der Waals surface area contributed by atoms with Gasteiger partial charge in [0.1, 0.15) is 11.9 Å². The minimum Gasteiger partial charge on any atom is -0.496 e. The van der Waals surface area contributed by atoms with E-state index in [0.717, 1.165) is 6.42 Å². The number of carbonyl (C=O) groups excluding carboxylic acids is 1. The number of para-hydroxylation sites is 1. The van der Waals surface area contributed by atoms with E-state index in [2.05, 4.69) is 11.1 Å². The third kappa shape index (κ3) is 3.30. The largest absolute Gasteiger partial charge is 0.496 e. The van der Waals surface area contributed by atoms with E-state index >= 15 is 0 Å². The Morgan fingerprint density at radius 2 is 2.21 bits per heavy atom. The molecule has 1 aromatic carbocycles. The summed E-state index contributed by atoms with van der Waals surface area (Å²) in [6.45, 7) is 1.09. The smallest absolute Gasteiger partial charge is 0.257 e. The quantitative estimate of drug-likeness (QED) is 0.862. The van der Waals surface area contributed by atoms with Crippen LogP contribution in [-0.4, -0.2) is 42.1 Å². The first-order valence-corrected chi connectivity index (χ1v) is 7.66. The molecule has 1 unspecified atom stereocenters. The molecule has 0 aliphatic carbocycles. The minimum atomic E-state index is -0.134. The van der Waals surface area contributed by atoms with Gasteiger partial charge in [-0.3, -0.25) is 4.79 Å². The molecule has 0 N–H and O–H groups in total. The summed E-state index contributed by atoms with van der Waals surface area (Å²) < 4.78 is 11.1. The highest BCUT2D eigenvalue weighted by atomic mass is 16.5. The highest BCUT2D eigenvalue weighted by molar-refractivity contribution is 5.97. The van der Waals surface area contributed by atoms with Crippen LogP contribution in [0.5, 0.6) is 11.6 Å². The van der Waals surface area contributed by atoms with E-state index in [0.29, 0.717) is 35.8 Å². The third-order valence-electron chi connectivity index (χ3n) is 3.92. The summed E-state index contributed by atoms with van der Waals surface area (Å²) in [5.74, 6) is 0.901. The number of nitriles is 1. The van der Waals surface area contributed by atoms with Crippen molar-refractivity contribution in [2.24, 2.45) is 0 Å². The van der Waals surface area contributed by atoms with Gasteiger partial charge in [0.25, 0.3) is 5.91 Å². The number of amides is 1. The molecular weight excluding hydrogens is 306 g/mol. The van der Waals surface area contributed by atoms with Gasteiger partial charge in [-0.25, -0.2) is 4.98 Å². The first-order chi connectivity index (χ1) is 11.7. The average molecular weight is 323 g/mol. The molecule has 0 spiro atoms. The Labute approximate surface area is 140 Å². The van der Waals surface area contributed by atoms with Crippen molar-refractivity contribution in [1.29, 1.82) is 5.26 Å². The molecule has 6 nitrogen and oxygen atoms in total. The van der Waals surface area contributed by atoms with Crippen molar-refractivity contribution in [2.45, 2.75) is 12.5 Å². The van der Waals surface area contributed by atoms with E-state index in [-0.39, 0.29) is 12.0 Å². The predicted molar refractivity (Wildman–Crippen MR) is 86.9 cm³/mol. The second kappa shape index (κ2) is 7.01. The molecule has 0 bridgehead atoms. The first kappa shape index (κ1) is 15.8. The van der Waals surface area contributed by atoms with Gasteiger partial charge in [0.15, 0.2) is 0 Å². The zero-order chi connectivity index (χ0) is 16.9. The van der Waals surface area contributed by atoms with Gasteiger partial charge in [-0.2, -0.15) is 5.26 Å². The maximum atomic E-state index is 12.7. The van der Waals surface area contributed by atoms with Crippen molar-refractivity contribution in [3.63, 3.8) is 0 Å². The van der Waals surface area contributed by atoms with Gasteiger partial charge in [-0.15, -0.1) is 0 Å². The van der Waals surface area contributed by atoms with Crippen LogP contribution in [0.3, 0.4) is 0 Å². The summed E-state index contributed by atoms with van der Waals surface area (Å²) in [5, 5.41) is 8.92. The Bertz CT molecular complexity index is 785. The molecule has 1 aromatic heterocycles. The van der Waals surface area contributed by atoms with Crippen LogP contribution >= 0.6 is 0 Å². The molecule has 122 valence electrons. The van der Waals surface area contributed by atoms with E-state index in [9.17, 15) is 4.79 Å². The van der Waals surface area contributed by atoms with Crippen molar-refractivity contribution in [2.75, 3.05) is 20.2 Å². The molecule has 2 aromatic rings. The van der Waals surface area contributed by atoms with Gasteiger partial charge in [0, 0.05) is 25.2 Å². The number of hydrogen-bond donors (Lipinski definition) is 0. The number of likely N-dealkylation sites (tertiary alicyclic amines) is 1. The van der Waals surface area contributed by atoms with Crippen LogP contribution in [0.4, 0.5) is 0 Å². The Morgan fingerprint density at radius 3 is 3.00 bits per heavy atom. The van der Waals surface area contributed by atoms with Gasteiger partial charge in [0.2, 0.25) is 5.88 Å². The molecule has 0 radical (unpaired) electrons. The molecule has 1 aliphatic rings. The van der Waals surface area contributed by atoms with Gasteiger partial charge in [0.05, 0.1) is 30.9 Å². The minimum absolute atomic E-state index is 0.0720. The summed E-state index contributed by atoms with van der Waals surface area (Å²) >= 11 is 0. The Balaban J connectivity index is 1.67. The second-order valence-electron chi connectivity index (χ2n) is 5.47. The van der Waals surface area contributed by atoms with Gasteiger partial charge in [-0.1, -0.05) is 12.1 Å². The number of nitrogens with zero attached hydrogens (tertiary/aromatic N) is 3. The summed E-state index contributed by atoms with van der Waals surface area (Å²) in [6, 6.07) is 12.5. The topological polar surface area (TPSA) is 75.4 Å². The van der Waals surface area contributed by atoms with Crippen LogP contribution in [0, 0.1) is 11.3 Å². The fourth-order valence-corrected chi connectivity index (χ4v) is 2.71. The number of pyridine rings is 1. The number of ether oxygens (including phenoxy) is 2. The Morgan fingerprint density at radius 1 is 1.38 bits per heavy atom. The molecule has 1 aliphatic heterocycles. The number of hydrogen-bond acceptors (Lipinski definition) is 5. The number of aromatic nitrogens is 1. The van der Waals surface area contributed by atoms with Crippen molar-refractivity contribution in [3.8, 4) is 17.7 Å². The zero-order valence-electron chi connectivity index (χ0n) is 13.3. The molecular formula is C18H17N3O3. The number of carbonyl (C=O) groups is 1. The lowest BCUT2D eigenvalue weighted by atomic mass is 10.2. The van der Waals surface area contributed by atoms with Crippen LogP contribution in [0.25, 0.3) is 0 Å². The fraction of sp³-hybridized carbons (Fsp3) is 0.278. The van der Waals surface area contributed by atoms with Crippen molar-refractivity contribution in [3.05, 3.63) is 53.7 Å². The molecule has 1 atom stereocenters. The van der Waals surface area contributed by atoms with E-state index in [1.807, 2.05) is 12.1 Å². The molecule has 1 fully saturated rings. The maximum Gasteiger partial charge on any atom is 0.257 e.